The number of carbonyl (C=O) groups excluding carboxylic acids is 1. The van der Waals surface area contributed by atoms with Gasteiger partial charge < -0.3 is 10.6 Å². The quantitative estimate of drug-likeness (QED) is 0.825. The van der Waals surface area contributed by atoms with E-state index in [1.54, 1.807) is 6.07 Å². The molecule has 2 N–H and O–H groups in total. The van der Waals surface area contributed by atoms with Crippen molar-refractivity contribution in [1.29, 1.82) is 0 Å². The minimum Gasteiger partial charge on any atom is -0.399 e. The van der Waals surface area contributed by atoms with Gasteiger partial charge in [-0.25, -0.2) is 0 Å². The van der Waals surface area contributed by atoms with Gasteiger partial charge in [-0.2, -0.15) is 0 Å². The number of rotatable bonds is 2. The Morgan fingerprint density at radius 1 is 1.41 bits per heavy atom. The van der Waals surface area contributed by atoms with Crippen LogP contribution in [0, 0.1) is 6.92 Å². The Balaban J connectivity index is 0.00000144. The average molecular weight is 255 g/mol. The monoisotopic (exact) mass is 254 g/mol. The van der Waals surface area contributed by atoms with Crippen LogP contribution in [-0.2, 0) is 0 Å². The van der Waals surface area contributed by atoms with E-state index < -0.39 is 0 Å². The van der Waals surface area contributed by atoms with Gasteiger partial charge in [-0.3, -0.25) is 4.79 Å². The molecule has 4 heteroatoms. The molecule has 2 rings (SSSR count). The summed E-state index contributed by atoms with van der Waals surface area (Å²) >= 11 is 0. The second-order valence-electron chi connectivity index (χ2n) is 4.58. The van der Waals surface area contributed by atoms with Gasteiger partial charge in [0.1, 0.15) is 0 Å². The average Bonchev–Trinajstić information content (AvgIpc) is 2.18. The molecule has 3 nitrogen and oxygen atoms in total. The summed E-state index contributed by atoms with van der Waals surface area (Å²) in [6, 6.07) is 5.92. The number of nitrogen functional groups attached to an aromatic ring is 1. The van der Waals surface area contributed by atoms with Gasteiger partial charge in [0.05, 0.1) is 0 Å². The molecule has 0 atom stereocenters. The van der Waals surface area contributed by atoms with E-state index in [1.807, 2.05) is 31.0 Å². The van der Waals surface area contributed by atoms with Crippen LogP contribution in [0.2, 0.25) is 0 Å². The molecule has 1 saturated carbocycles. The smallest absolute Gasteiger partial charge is 0.254 e. The molecule has 0 unspecified atom stereocenters. The van der Waals surface area contributed by atoms with Crippen molar-refractivity contribution >= 4 is 24.0 Å². The molecule has 0 aliphatic heterocycles. The van der Waals surface area contributed by atoms with E-state index in [1.165, 1.54) is 6.42 Å². The molecule has 1 aromatic carbocycles. The summed E-state index contributed by atoms with van der Waals surface area (Å²) < 4.78 is 0. The second-order valence-corrected chi connectivity index (χ2v) is 4.58. The zero-order chi connectivity index (χ0) is 11.7. The summed E-state index contributed by atoms with van der Waals surface area (Å²) in [6.07, 6.45) is 3.49. The first-order valence-electron chi connectivity index (χ1n) is 5.73. The number of halogens is 1. The number of nitrogens with two attached hydrogens (primary N) is 1. The maximum Gasteiger partial charge on any atom is 0.254 e. The van der Waals surface area contributed by atoms with Crippen LogP contribution in [0.1, 0.15) is 35.2 Å². The van der Waals surface area contributed by atoms with Crippen LogP contribution in [0.3, 0.4) is 0 Å². The number of benzene rings is 1. The summed E-state index contributed by atoms with van der Waals surface area (Å²) in [5.74, 6) is 0.0921. The Morgan fingerprint density at radius 3 is 2.59 bits per heavy atom. The Morgan fingerprint density at radius 2 is 2.06 bits per heavy atom. The molecule has 0 radical (unpaired) electrons. The summed E-state index contributed by atoms with van der Waals surface area (Å²) in [7, 11) is 1.88. The largest absolute Gasteiger partial charge is 0.399 e. The topological polar surface area (TPSA) is 46.3 Å². The van der Waals surface area contributed by atoms with Crippen LogP contribution in [0.15, 0.2) is 18.2 Å². The third kappa shape index (κ3) is 2.72. The fourth-order valence-electron chi connectivity index (χ4n) is 2.00. The Labute approximate surface area is 108 Å². The lowest BCUT2D eigenvalue weighted by molar-refractivity contribution is 0.0651. The van der Waals surface area contributed by atoms with E-state index in [0.29, 0.717) is 11.7 Å². The molecule has 0 saturated heterocycles. The first-order valence-corrected chi connectivity index (χ1v) is 5.73. The highest BCUT2D eigenvalue weighted by Crippen LogP contribution is 2.25. The van der Waals surface area contributed by atoms with E-state index in [4.69, 9.17) is 5.73 Å². The second kappa shape index (κ2) is 5.41. The number of amides is 1. The van der Waals surface area contributed by atoms with E-state index >= 15 is 0 Å². The predicted molar refractivity (Wildman–Crippen MR) is 72.6 cm³/mol. The first kappa shape index (κ1) is 13.8. The van der Waals surface area contributed by atoms with Crippen LogP contribution in [-0.4, -0.2) is 23.9 Å². The number of nitrogens with zero attached hydrogens (tertiary/aromatic N) is 1. The molecule has 1 aromatic rings. The molecule has 1 amide bonds. The van der Waals surface area contributed by atoms with Crippen molar-refractivity contribution in [2.75, 3.05) is 12.8 Å². The van der Waals surface area contributed by atoms with Crippen LogP contribution in [0.5, 0.6) is 0 Å². The number of carbonyl (C=O) groups is 1. The van der Waals surface area contributed by atoms with Gasteiger partial charge in [0, 0.05) is 24.3 Å². The number of anilines is 1. The molecule has 0 aromatic heterocycles. The highest BCUT2D eigenvalue weighted by atomic mass is 35.5. The highest BCUT2D eigenvalue weighted by molar-refractivity contribution is 5.96. The molecule has 0 spiro atoms. The predicted octanol–water partition coefficient (Wildman–Crippen LogP) is 2.62. The van der Waals surface area contributed by atoms with Crippen LogP contribution in [0.4, 0.5) is 5.69 Å². The van der Waals surface area contributed by atoms with Gasteiger partial charge in [-0.15, -0.1) is 12.4 Å². The molecule has 1 aliphatic rings. The molecular formula is C13H19ClN2O. The summed E-state index contributed by atoms with van der Waals surface area (Å²) in [4.78, 5) is 14.1. The molecule has 94 valence electrons. The lowest BCUT2D eigenvalue weighted by Gasteiger charge is -2.35. The van der Waals surface area contributed by atoms with Crippen molar-refractivity contribution in [3.8, 4) is 0 Å². The molecular weight excluding hydrogens is 236 g/mol. The fourth-order valence-corrected chi connectivity index (χ4v) is 2.00. The third-order valence-electron chi connectivity index (χ3n) is 3.43. The molecule has 0 bridgehead atoms. The van der Waals surface area contributed by atoms with Gasteiger partial charge in [-0.05, 0) is 43.9 Å². The van der Waals surface area contributed by atoms with E-state index in [2.05, 4.69) is 0 Å². The first-order chi connectivity index (χ1) is 7.59. The Kier molecular flexibility index (Phi) is 4.40. The lowest BCUT2D eigenvalue weighted by Crippen LogP contribution is -2.41. The zero-order valence-electron chi connectivity index (χ0n) is 10.3. The van der Waals surface area contributed by atoms with E-state index in [9.17, 15) is 4.79 Å². The third-order valence-corrected chi connectivity index (χ3v) is 3.43. The van der Waals surface area contributed by atoms with Gasteiger partial charge >= 0.3 is 0 Å². The normalized spacial score (nSPS) is 14.7. The molecule has 17 heavy (non-hydrogen) atoms. The van der Waals surface area contributed by atoms with Crippen LogP contribution in [0.25, 0.3) is 0 Å². The van der Waals surface area contributed by atoms with Crippen molar-refractivity contribution in [3.63, 3.8) is 0 Å². The summed E-state index contributed by atoms with van der Waals surface area (Å²) in [5, 5.41) is 0. The van der Waals surface area contributed by atoms with Gasteiger partial charge in [0.25, 0.3) is 5.91 Å². The number of hydrogen-bond acceptors (Lipinski definition) is 2. The van der Waals surface area contributed by atoms with E-state index in [0.717, 1.165) is 24.0 Å². The van der Waals surface area contributed by atoms with Crippen LogP contribution < -0.4 is 5.73 Å². The number of aryl methyl sites for hydroxylation is 1. The molecule has 1 fully saturated rings. The van der Waals surface area contributed by atoms with Gasteiger partial charge in [-0.1, -0.05) is 6.07 Å². The Bertz CT molecular complexity index is 416. The van der Waals surface area contributed by atoms with Crippen molar-refractivity contribution in [2.24, 2.45) is 0 Å². The fraction of sp³-hybridized carbons (Fsp3) is 0.462. The highest BCUT2D eigenvalue weighted by Gasteiger charge is 2.26. The van der Waals surface area contributed by atoms with Crippen molar-refractivity contribution in [2.45, 2.75) is 32.2 Å². The maximum atomic E-state index is 12.2. The van der Waals surface area contributed by atoms with Crippen LogP contribution >= 0.6 is 12.4 Å². The van der Waals surface area contributed by atoms with E-state index in [-0.39, 0.29) is 18.3 Å². The van der Waals surface area contributed by atoms with Crippen molar-refractivity contribution in [3.05, 3.63) is 29.3 Å². The Hall–Kier alpha value is -1.22. The minimum absolute atomic E-state index is 0. The summed E-state index contributed by atoms with van der Waals surface area (Å²) in [6.45, 7) is 1.95. The maximum absolute atomic E-state index is 12.2. The van der Waals surface area contributed by atoms with Crippen molar-refractivity contribution in [1.82, 2.24) is 4.90 Å². The summed E-state index contributed by atoms with van der Waals surface area (Å²) in [5.41, 5.74) is 8.09. The van der Waals surface area contributed by atoms with Gasteiger partial charge in [0.15, 0.2) is 0 Å². The molecule has 1 aliphatic carbocycles. The van der Waals surface area contributed by atoms with Gasteiger partial charge in [0.2, 0.25) is 0 Å². The van der Waals surface area contributed by atoms with Crippen molar-refractivity contribution < 1.29 is 4.79 Å². The standard InChI is InChI=1S/C13H18N2O.ClH/c1-9-6-7-10(14)8-12(9)13(16)15(2)11-4-3-5-11;/h6-8,11H,3-5,14H2,1-2H3;1H. The number of hydrogen-bond donors (Lipinski definition) is 1. The minimum atomic E-state index is 0. The lowest BCUT2D eigenvalue weighted by atomic mass is 9.91. The molecule has 0 heterocycles. The zero-order valence-corrected chi connectivity index (χ0v) is 11.1. The SMILES string of the molecule is Cc1ccc(N)cc1C(=O)N(C)C1CCC1.Cl.